The van der Waals surface area contributed by atoms with Crippen LogP contribution in [0.1, 0.15) is 6.92 Å². The van der Waals surface area contributed by atoms with Gasteiger partial charge in [0, 0.05) is 6.07 Å². The highest BCUT2D eigenvalue weighted by Gasteiger charge is 2.10. The molecular weight excluding hydrogens is 227 g/mol. The molecule has 0 bridgehead atoms. The molecule has 0 aliphatic carbocycles. The van der Waals surface area contributed by atoms with E-state index in [1.807, 2.05) is 0 Å². The number of amides is 2. The highest BCUT2D eigenvalue weighted by Crippen LogP contribution is 2.20. The lowest BCUT2D eigenvalue weighted by Crippen LogP contribution is -2.38. The maximum Gasteiger partial charge on any atom is 0.319 e. The van der Waals surface area contributed by atoms with Crippen LogP contribution in [0.5, 0.6) is 5.75 Å². The second-order valence-corrected chi connectivity index (χ2v) is 3.53. The second kappa shape index (κ2) is 6.05. The van der Waals surface area contributed by atoms with Crippen molar-refractivity contribution in [2.45, 2.75) is 13.0 Å². The normalized spacial score (nSPS) is 11.8. The quantitative estimate of drug-likeness (QED) is 0.746. The Kier molecular flexibility index (Phi) is 4.71. The molecule has 6 heteroatoms. The van der Waals surface area contributed by atoms with Gasteiger partial charge < -0.3 is 20.5 Å². The molecule has 0 aliphatic rings. The number of hydrogen-bond donors (Lipinski definition) is 3. The van der Waals surface area contributed by atoms with E-state index in [9.17, 15) is 9.18 Å². The Balaban J connectivity index is 2.70. The molecule has 0 heterocycles. The first kappa shape index (κ1) is 13.2. The van der Waals surface area contributed by atoms with E-state index in [0.29, 0.717) is 5.75 Å². The summed E-state index contributed by atoms with van der Waals surface area (Å²) in [6.07, 6.45) is 0. The number of rotatable bonds is 4. The number of urea groups is 1. The molecule has 0 spiro atoms. The Morgan fingerprint density at radius 1 is 1.59 bits per heavy atom. The minimum atomic E-state index is -0.585. The van der Waals surface area contributed by atoms with Crippen molar-refractivity contribution in [3.05, 3.63) is 24.0 Å². The number of ether oxygens (including phenoxy) is 1. The summed E-state index contributed by atoms with van der Waals surface area (Å²) in [6.45, 7) is 1.44. The third kappa shape index (κ3) is 3.92. The minimum absolute atomic E-state index is 0.0204. The fourth-order valence-electron chi connectivity index (χ4n) is 1.15. The number of nitrogens with one attached hydrogen (secondary N) is 2. The average Bonchev–Trinajstić information content (AvgIpc) is 2.31. The molecule has 0 radical (unpaired) electrons. The third-order valence-electron chi connectivity index (χ3n) is 2.07. The predicted octanol–water partition coefficient (Wildman–Crippen LogP) is 1.34. The molecule has 2 amide bonds. The number of halogens is 1. The highest BCUT2D eigenvalue weighted by molar-refractivity contribution is 5.89. The molecule has 0 aromatic heterocycles. The molecule has 0 fully saturated rings. The monoisotopic (exact) mass is 242 g/mol. The highest BCUT2D eigenvalue weighted by atomic mass is 19.1. The number of carbonyl (C=O) groups is 1. The lowest BCUT2D eigenvalue weighted by atomic mass is 10.3. The van der Waals surface area contributed by atoms with Gasteiger partial charge in [0.25, 0.3) is 0 Å². The van der Waals surface area contributed by atoms with Gasteiger partial charge in [-0.25, -0.2) is 9.18 Å². The summed E-state index contributed by atoms with van der Waals surface area (Å²) in [5.74, 6) is -0.116. The summed E-state index contributed by atoms with van der Waals surface area (Å²) in [7, 11) is 1.45. The van der Waals surface area contributed by atoms with Crippen LogP contribution in [0, 0.1) is 5.82 Å². The van der Waals surface area contributed by atoms with Crippen molar-refractivity contribution in [1.82, 2.24) is 5.32 Å². The molecule has 1 unspecified atom stereocenters. The molecule has 0 saturated heterocycles. The molecule has 1 rings (SSSR count). The average molecular weight is 242 g/mol. The number of methoxy groups -OCH3 is 1. The maximum absolute atomic E-state index is 13.3. The van der Waals surface area contributed by atoms with Crippen molar-refractivity contribution >= 4 is 11.7 Å². The van der Waals surface area contributed by atoms with Gasteiger partial charge in [-0.1, -0.05) is 0 Å². The van der Waals surface area contributed by atoms with Crippen LogP contribution in [0.2, 0.25) is 0 Å². The number of benzene rings is 1. The van der Waals surface area contributed by atoms with Gasteiger partial charge in [-0.15, -0.1) is 0 Å². The number of hydrogen-bond acceptors (Lipinski definition) is 3. The summed E-state index contributed by atoms with van der Waals surface area (Å²) >= 11 is 0. The minimum Gasteiger partial charge on any atom is -0.497 e. The van der Waals surface area contributed by atoms with Gasteiger partial charge in [0.15, 0.2) is 0 Å². The SMILES string of the molecule is COc1ccc(F)c(NC(=O)NC(C)CO)c1. The van der Waals surface area contributed by atoms with Crippen LogP contribution >= 0.6 is 0 Å². The van der Waals surface area contributed by atoms with Gasteiger partial charge in [0.05, 0.1) is 25.4 Å². The van der Waals surface area contributed by atoms with E-state index in [-0.39, 0.29) is 12.3 Å². The van der Waals surface area contributed by atoms with Gasteiger partial charge in [0.1, 0.15) is 11.6 Å². The predicted molar refractivity (Wildman–Crippen MR) is 61.7 cm³/mol. The number of anilines is 1. The maximum atomic E-state index is 13.3. The smallest absolute Gasteiger partial charge is 0.319 e. The van der Waals surface area contributed by atoms with Crippen LogP contribution in [-0.2, 0) is 0 Å². The Hall–Kier alpha value is -1.82. The largest absolute Gasteiger partial charge is 0.497 e. The third-order valence-corrected chi connectivity index (χ3v) is 2.07. The molecule has 1 atom stereocenters. The molecule has 3 N–H and O–H groups in total. The lowest BCUT2D eigenvalue weighted by molar-refractivity contribution is 0.229. The zero-order chi connectivity index (χ0) is 12.8. The van der Waals surface area contributed by atoms with Crippen molar-refractivity contribution in [3.8, 4) is 5.75 Å². The first-order valence-corrected chi connectivity index (χ1v) is 5.08. The number of aliphatic hydroxyl groups excluding tert-OH is 1. The fourth-order valence-corrected chi connectivity index (χ4v) is 1.15. The standard InChI is InChI=1S/C11H15FN2O3/c1-7(6-15)13-11(16)14-10-5-8(17-2)3-4-9(10)12/h3-5,7,15H,6H2,1-2H3,(H2,13,14,16). The van der Waals surface area contributed by atoms with Crippen LogP contribution in [0.3, 0.4) is 0 Å². The van der Waals surface area contributed by atoms with Crippen molar-refractivity contribution in [3.63, 3.8) is 0 Å². The Bertz CT molecular complexity index is 398. The molecular formula is C11H15FN2O3. The van der Waals surface area contributed by atoms with Gasteiger partial charge in [-0.2, -0.15) is 0 Å². The van der Waals surface area contributed by atoms with Crippen molar-refractivity contribution in [2.24, 2.45) is 0 Å². The van der Waals surface area contributed by atoms with Gasteiger partial charge >= 0.3 is 6.03 Å². The van der Waals surface area contributed by atoms with Crippen molar-refractivity contribution in [2.75, 3.05) is 19.0 Å². The molecule has 1 aromatic carbocycles. The van der Waals surface area contributed by atoms with Gasteiger partial charge in [0.2, 0.25) is 0 Å². The zero-order valence-electron chi connectivity index (χ0n) is 9.66. The summed E-state index contributed by atoms with van der Waals surface area (Å²) in [5.41, 5.74) is 0.0204. The van der Waals surface area contributed by atoms with E-state index < -0.39 is 17.9 Å². The van der Waals surface area contributed by atoms with Crippen LogP contribution in [0.4, 0.5) is 14.9 Å². The Morgan fingerprint density at radius 3 is 2.88 bits per heavy atom. The topological polar surface area (TPSA) is 70.6 Å². The Morgan fingerprint density at radius 2 is 2.29 bits per heavy atom. The van der Waals surface area contributed by atoms with E-state index in [0.717, 1.165) is 0 Å². The summed E-state index contributed by atoms with van der Waals surface area (Å²) in [6, 6.07) is 3.04. The van der Waals surface area contributed by atoms with E-state index in [1.54, 1.807) is 6.92 Å². The molecule has 17 heavy (non-hydrogen) atoms. The number of aliphatic hydroxyl groups is 1. The van der Waals surface area contributed by atoms with Crippen molar-refractivity contribution < 1.29 is 19.0 Å². The van der Waals surface area contributed by atoms with Crippen LogP contribution in [0.25, 0.3) is 0 Å². The molecule has 1 aromatic rings. The van der Waals surface area contributed by atoms with Crippen LogP contribution in [0.15, 0.2) is 18.2 Å². The van der Waals surface area contributed by atoms with E-state index >= 15 is 0 Å². The van der Waals surface area contributed by atoms with Gasteiger partial charge in [-0.3, -0.25) is 0 Å². The molecule has 0 aliphatic heterocycles. The molecule has 0 saturated carbocycles. The van der Waals surface area contributed by atoms with Gasteiger partial charge in [-0.05, 0) is 19.1 Å². The first-order chi connectivity index (χ1) is 8.06. The molecule has 94 valence electrons. The Labute approximate surface area is 98.6 Å². The summed E-state index contributed by atoms with van der Waals surface area (Å²) < 4.78 is 18.3. The lowest BCUT2D eigenvalue weighted by Gasteiger charge is -2.13. The van der Waals surface area contributed by atoms with Crippen molar-refractivity contribution in [1.29, 1.82) is 0 Å². The van der Waals surface area contributed by atoms with E-state index in [4.69, 9.17) is 9.84 Å². The van der Waals surface area contributed by atoms with E-state index in [2.05, 4.69) is 10.6 Å². The zero-order valence-corrected chi connectivity index (χ0v) is 9.66. The summed E-state index contributed by atoms with van der Waals surface area (Å²) in [4.78, 5) is 11.4. The van der Waals surface area contributed by atoms with Crippen LogP contribution < -0.4 is 15.4 Å². The fraction of sp³-hybridized carbons (Fsp3) is 0.364. The number of carbonyl (C=O) groups excluding carboxylic acids is 1. The molecule has 5 nitrogen and oxygen atoms in total. The van der Waals surface area contributed by atoms with Crippen LogP contribution in [-0.4, -0.2) is 30.9 Å². The second-order valence-electron chi connectivity index (χ2n) is 3.53. The summed E-state index contributed by atoms with van der Waals surface area (Å²) in [5, 5.41) is 13.5. The first-order valence-electron chi connectivity index (χ1n) is 5.08. The van der Waals surface area contributed by atoms with E-state index in [1.165, 1.54) is 25.3 Å².